The quantitative estimate of drug-likeness (QED) is 0.820. The van der Waals surface area contributed by atoms with Crippen LogP contribution in [0.5, 0.6) is 5.75 Å². The molecule has 1 amide bonds. The maximum atomic E-state index is 12.4. The monoisotopic (exact) mass is 351 g/mol. The Morgan fingerprint density at radius 3 is 2.62 bits per heavy atom. The van der Waals surface area contributed by atoms with Crippen LogP contribution in [0.25, 0.3) is 0 Å². The van der Waals surface area contributed by atoms with E-state index in [1.807, 2.05) is 19.1 Å². The summed E-state index contributed by atoms with van der Waals surface area (Å²) in [5.41, 5.74) is 6.42. The van der Waals surface area contributed by atoms with E-state index in [9.17, 15) is 4.79 Å². The second kappa shape index (κ2) is 8.39. The number of hydrogen-bond acceptors (Lipinski definition) is 2. The Hall–Kier alpha value is -2.29. The Morgan fingerprint density at radius 1 is 1.12 bits per heavy atom. The van der Waals surface area contributed by atoms with Crippen LogP contribution in [-0.4, -0.2) is 13.0 Å². The maximum absolute atomic E-state index is 12.4. The van der Waals surface area contributed by atoms with E-state index < -0.39 is 0 Å². The van der Waals surface area contributed by atoms with Crippen LogP contribution in [-0.2, 0) is 24.1 Å². The van der Waals surface area contributed by atoms with Gasteiger partial charge >= 0.3 is 0 Å². The van der Waals surface area contributed by atoms with Gasteiger partial charge in [-0.25, -0.2) is 0 Å². The van der Waals surface area contributed by atoms with E-state index in [0.29, 0.717) is 6.42 Å². The SMILES string of the molecule is COc1ccc(CCC(=O)N[C@H](C)c2ccc3c(c2)CCCC3)cc1C. The van der Waals surface area contributed by atoms with Crippen molar-refractivity contribution in [1.82, 2.24) is 5.32 Å². The van der Waals surface area contributed by atoms with Crippen molar-refractivity contribution < 1.29 is 9.53 Å². The van der Waals surface area contributed by atoms with Gasteiger partial charge in [0.1, 0.15) is 5.75 Å². The lowest BCUT2D eigenvalue weighted by atomic mass is 9.89. The molecular weight excluding hydrogens is 322 g/mol. The Morgan fingerprint density at radius 2 is 1.88 bits per heavy atom. The van der Waals surface area contributed by atoms with Crippen LogP contribution in [0, 0.1) is 6.92 Å². The number of rotatable bonds is 6. The summed E-state index contributed by atoms with van der Waals surface area (Å²) in [5.74, 6) is 0.989. The van der Waals surface area contributed by atoms with Crippen molar-refractivity contribution in [3.63, 3.8) is 0 Å². The van der Waals surface area contributed by atoms with Gasteiger partial charge < -0.3 is 10.1 Å². The first-order valence-corrected chi connectivity index (χ1v) is 9.61. The van der Waals surface area contributed by atoms with Crippen molar-refractivity contribution in [3.05, 3.63) is 64.2 Å². The number of fused-ring (bicyclic) bond motifs is 1. The third kappa shape index (κ3) is 4.46. The van der Waals surface area contributed by atoms with E-state index in [1.165, 1.54) is 47.9 Å². The second-order valence-corrected chi connectivity index (χ2v) is 7.33. The van der Waals surface area contributed by atoms with Crippen LogP contribution in [0.1, 0.15) is 60.0 Å². The average molecular weight is 351 g/mol. The molecule has 138 valence electrons. The van der Waals surface area contributed by atoms with E-state index in [4.69, 9.17) is 4.74 Å². The molecule has 2 aromatic rings. The molecule has 3 heteroatoms. The van der Waals surface area contributed by atoms with Gasteiger partial charge in [-0.15, -0.1) is 0 Å². The predicted molar refractivity (Wildman–Crippen MR) is 106 cm³/mol. The van der Waals surface area contributed by atoms with Crippen LogP contribution in [0.4, 0.5) is 0 Å². The molecule has 0 bridgehead atoms. The molecular formula is C23H29NO2. The van der Waals surface area contributed by atoms with Gasteiger partial charge in [0.25, 0.3) is 0 Å². The number of hydrogen-bond donors (Lipinski definition) is 1. The average Bonchev–Trinajstić information content (AvgIpc) is 2.66. The number of amides is 1. The molecule has 26 heavy (non-hydrogen) atoms. The first-order chi connectivity index (χ1) is 12.6. The predicted octanol–water partition coefficient (Wildman–Crippen LogP) is 4.69. The Kier molecular flexibility index (Phi) is 5.97. The van der Waals surface area contributed by atoms with Gasteiger partial charge in [-0.2, -0.15) is 0 Å². The molecule has 1 aliphatic carbocycles. The van der Waals surface area contributed by atoms with Crippen molar-refractivity contribution >= 4 is 5.91 Å². The first-order valence-electron chi connectivity index (χ1n) is 9.61. The first kappa shape index (κ1) is 18.5. The topological polar surface area (TPSA) is 38.3 Å². The van der Waals surface area contributed by atoms with Crippen LogP contribution in [0.2, 0.25) is 0 Å². The molecule has 0 radical (unpaired) electrons. The van der Waals surface area contributed by atoms with E-state index in [1.54, 1.807) is 7.11 Å². The molecule has 0 aliphatic heterocycles. The van der Waals surface area contributed by atoms with Crippen molar-refractivity contribution in [2.24, 2.45) is 0 Å². The number of ether oxygens (including phenoxy) is 1. The molecule has 0 heterocycles. The van der Waals surface area contributed by atoms with Crippen LogP contribution in [0.15, 0.2) is 36.4 Å². The highest BCUT2D eigenvalue weighted by Gasteiger charge is 2.14. The summed E-state index contributed by atoms with van der Waals surface area (Å²) in [4.78, 5) is 12.4. The van der Waals surface area contributed by atoms with Crippen molar-refractivity contribution in [2.75, 3.05) is 7.11 Å². The molecule has 3 nitrogen and oxygen atoms in total. The third-order valence-electron chi connectivity index (χ3n) is 5.35. The minimum Gasteiger partial charge on any atom is -0.496 e. The van der Waals surface area contributed by atoms with Crippen molar-refractivity contribution in [3.8, 4) is 5.75 Å². The van der Waals surface area contributed by atoms with Gasteiger partial charge in [0.05, 0.1) is 13.2 Å². The third-order valence-corrected chi connectivity index (χ3v) is 5.35. The molecule has 2 aromatic carbocycles. The molecule has 0 aromatic heterocycles. The molecule has 0 spiro atoms. The highest BCUT2D eigenvalue weighted by Crippen LogP contribution is 2.25. The van der Waals surface area contributed by atoms with Crippen molar-refractivity contribution in [2.45, 2.75) is 58.4 Å². The van der Waals surface area contributed by atoms with E-state index in [2.05, 4.69) is 36.5 Å². The van der Waals surface area contributed by atoms with Gasteiger partial charge in [0, 0.05) is 6.42 Å². The Labute approximate surface area is 156 Å². The lowest BCUT2D eigenvalue weighted by Crippen LogP contribution is -2.27. The summed E-state index contributed by atoms with van der Waals surface area (Å²) >= 11 is 0. The maximum Gasteiger partial charge on any atom is 0.220 e. The van der Waals surface area contributed by atoms with Crippen LogP contribution < -0.4 is 10.1 Å². The number of carbonyl (C=O) groups excluding carboxylic acids is 1. The number of aryl methyl sites for hydroxylation is 4. The van der Waals surface area contributed by atoms with Crippen LogP contribution >= 0.6 is 0 Å². The number of benzene rings is 2. The van der Waals surface area contributed by atoms with Gasteiger partial charge in [-0.1, -0.05) is 30.3 Å². The Balaban J connectivity index is 1.55. The number of nitrogens with one attached hydrogen (secondary N) is 1. The van der Waals surface area contributed by atoms with E-state index in [0.717, 1.165) is 17.7 Å². The molecule has 3 rings (SSSR count). The lowest BCUT2D eigenvalue weighted by molar-refractivity contribution is -0.121. The summed E-state index contributed by atoms with van der Waals surface area (Å²) in [6.45, 7) is 4.10. The van der Waals surface area contributed by atoms with Gasteiger partial charge in [-0.05, 0) is 79.8 Å². The standard InChI is InChI=1S/C23H29NO2/c1-16-14-18(8-12-22(16)26-3)9-13-23(25)24-17(2)20-11-10-19-6-4-5-7-21(19)15-20/h8,10-12,14-15,17H,4-7,9,13H2,1-3H3,(H,24,25)/t17-/m1/s1. The number of methoxy groups -OCH3 is 1. The van der Waals surface area contributed by atoms with Crippen molar-refractivity contribution in [1.29, 1.82) is 0 Å². The molecule has 0 saturated heterocycles. The summed E-state index contributed by atoms with van der Waals surface area (Å²) in [6, 6.07) is 12.8. The zero-order valence-corrected chi connectivity index (χ0v) is 16.1. The summed E-state index contributed by atoms with van der Waals surface area (Å²) < 4.78 is 5.29. The largest absolute Gasteiger partial charge is 0.496 e. The van der Waals surface area contributed by atoms with E-state index >= 15 is 0 Å². The molecule has 1 atom stereocenters. The normalized spacial score (nSPS) is 14.4. The fraction of sp³-hybridized carbons (Fsp3) is 0.435. The zero-order chi connectivity index (χ0) is 18.5. The number of carbonyl (C=O) groups is 1. The second-order valence-electron chi connectivity index (χ2n) is 7.33. The summed E-state index contributed by atoms with van der Waals surface area (Å²) in [5, 5.41) is 3.15. The summed E-state index contributed by atoms with van der Waals surface area (Å²) in [7, 11) is 1.68. The molecule has 0 saturated carbocycles. The zero-order valence-electron chi connectivity index (χ0n) is 16.1. The minimum atomic E-state index is 0.0485. The minimum absolute atomic E-state index is 0.0485. The molecule has 0 unspecified atom stereocenters. The smallest absolute Gasteiger partial charge is 0.220 e. The molecule has 1 aliphatic rings. The fourth-order valence-corrected chi connectivity index (χ4v) is 3.77. The van der Waals surface area contributed by atoms with Gasteiger partial charge in [-0.3, -0.25) is 4.79 Å². The van der Waals surface area contributed by atoms with Gasteiger partial charge in [0.2, 0.25) is 5.91 Å². The fourth-order valence-electron chi connectivity index (χ4n) is 3.77. The summed E-state index contributed by atoms with van der Waals surface area (Å²) in [6.07, 6.45) is 6.18. The highest BCUT2D eigenvalue weighted by atomic mass is 16.5. The van der Waals surface area contributed by atoms with E-state index in [-0.39, 0.29) is 11.9 Å². The van der Waals surface area contributed by atoms with Crippen LogP contribution in [0.3, 0.4) is 0 Å². The van der Waals surface area contributed by atoms with Gasteiger partial charge in [0.15, 0.2) is 0 Å². The lowest BCUT2D eigenvalue weighted by Gasteiger charge is -2.20. The highest BCUT2D eigenvalue weighted by molar-refractivity contribution is 5.76. The Bertz CT molecular complexity index is 782. The molecule has 0 fully saturated rings. The molecule has 1 N–H and O–H groups in total.